The van der Waals surface area contributed by atoms with Gasteiger partial charge in [0.25, 0.3) is 0 Å². The maximum absolute atomic E-state index is 12.4. The van der Waals surface area contributed by atoms with Crippen molar-refractivity contribution in [1.82, 2.24) is 4.90 Å². The van der Waals surface area contributed by atoms with Gasteiger partial charge in [-0.2, -0.15) is 0 Å². The molecule has 0 aromatic heterocycles. The third kappa shape index (κ3) is 4.35. The predicted octanol–water partition coefficient (Wildman–Crippen LogP) is 2.68. The van der Waals surface area contributed by atoms with E-state index in [-0.39, 0.29) is 18.3 Å². The number of carbonyl (C=O) groups excluding carboxylic acids is 2. The minimum Gasteiger partial charge on any atom is -0.496 e. The lowest BCUT2D eigenvalue weighted by molar-refractivity contribution is -0.129. The monoisotopic (exact) mass is 327 g/mol. The van der Waals surface area contributed by atoms with Crippen LogP contribution in [0.25, 0.3) is 0 Å². The Morgan fingerprint density at radius 3 is 2.29 bits per heavy atom. The van der Waals surface area contributed by atoms with E-state index in [4.69, 9.17) is 4.74 Å². The van der Waals surface area contributed by atoms with Crippen molar-refractivity contribution in [2.24, 2.45) is 0 Å². The fourth-order valence-corrected chi connectivity index (χ4v) is 2.37. The van der Waals surface area contributed by atoms with E-state index < -0.39 is 0 Å². The summed E-state index contributed by atoms with van der Waals surface area (Å²) in [6.45, 7) is 0.468. The summed E-state index contributed by atoms with van der Waals surface area (Å²) >= 11 is 0. The van der Waals surface area contributed by atoms with Gasteiger partial charge < -0.3 is 14.4 Å². The molecule has 5 nitrogen and oxygen atoms in total. The van der Waals surface area contributed by atoms with Crippen LogP contribution < -0.4 is 4.74 Å². The van der Waals surface area contributed by atoms with Crippen molar-refractivity contribution in [2.45, 2.75) is 13.0 Å². The van der Waals surface area contributed by atoms with Crippen molar-refractivity contribution < 1.29 is 19.1 Å². The topological polar surface area (TPSA) is 55.8 Å². The molecule has 0 aliphatic heterocycles. The van der Waals surface area contributed by atoms with Crippen molar-refractivity contribution in [3.8, 4) is 5.75 Å². The third-order valence-electron chi connectivity index (χ3n) is 3.75. The molecule has 0 bridgehead atoms. The van der Waals surface area contributed by atoms with E-state index in [0.717, 1.165) is 11.1 Å². The number of amides is 1. The van der Waals surface area contributed by atoms with E-state index in [9.17, 15) is 9.59 Å². The molecule has 5 heteroatoms. The number of benzene rings is 2. The molecule has 1 amide bonds. The largest absolute Gasteiger partial charge is 0.496 e. The van der Waals surface area contributed by atoms with Crippen molar-refractivity contribution in [3.05, 3.63) is 65.2 Å². The van der Waals surface area contributed by atoms with Gasteiger partial charge in [-0.05, 0) is 23.8 Å². The van der Waals surface area contributed by atoms with Gasteiger partial charge >= 0.3 is 5.97 Å². The molecule has 0 spiro atoms. The van der Waals surface area contributed by atoms with Crippen LogP contribution in [-0.4, -0.2) is 38.0 Å². The third-order valence-corrected chi connectivity index (χ3v) is 3.75. The van der Waals surface area contributed by atoms with Gasteiger partial charge in [-0.25, -0.2) is 4.79 Å². The first-order valence-electron chi connectivity index (χ1n) is 7.58. The molecule has 0 saturated carbocycles. The lowest BCUT2D eigenvalue weighted by Gasteiger charge is -2.18. The van der Waals surface area contributed by atoms with Crippen LogP contribution in [0.1, 0.15) is 21.5 Å². The number of methoxy groups -OCH3 is 2. The molecule has 2 aromatic carbocycles. The molecule has 126 valence electrons. The maximum Gasteiger partial charge on any atom is 0.337 e. The Morgan fingerprint density at radius 1 is 1.00 bits per heavy atom. The van der Waals surface area contributed by atoms with Crippen molar-refractivity contribution in [1.29, 1.82) is 0 Å². The number of ether oxygens (including phenoxy) is 2. The Labute approximate surface area is 141 Å². The molecule has 0 heterocycles. The Hall–Kier alpha value is -2.82. The smallest absolute Gasteiger partial charge is 0.337 e. The molecule has 0 N–H and O–H groups in total. The molecule has 0 radical (unpaired) electrons. The van der Waals surface area contributed by atoms with Crippen LogP contribution in [-0.2, 0) is 22.5 Å². The molecule has 2 aromatic rings. The zero-order chi connectivity index (χ0) is 17.5. The van der Waals surface area contributed by atoms with E-state index in [1.54, 1.807) is 31.2 Å². The van der Waals surface area contributed by atoms with Crippen molar-refractivity contribution in [3.63, 3.8) is 0 Å². The predicted molar refractivity (Wildman–Crippen MR) is 91.0 cm³/mol. The highest BCUT2D eigenvalue weighted by Crippen LogP contribution is 2.18. The highest BCUT2D eigenvalue weighted by atomic mass is 16.5. The van der Waals surface area contributed by atoms with Gasteiger partial charge in [0, 0.05) is 19.2 Å². The van der Waals surface area contributed by atoms with Crippen LogP contribution >= 0.6 is 0 Å². The summed E-state index contributed by atoms with van der Waals surface area (Å²) in [4.78, 5) is 25.5. The fourth-order valence-electron chi connectivity index (χ4n) is 2.37. The van der Waals surface area contributed by atoms with Crippen LogP contribution in [0.2, 0.25) is 0 Å². The number of para-hydroxylation sites is 1. The standard InChI is InChI=1S/C19H21NO4/c1-20(13-14-8-10-15(11-9-14)19(22)24-3)18(21)12-16-6-4-5-7-17(16)23-2/h4-11H,12-13H2,1-3H3. The molecular weight excluding hydrogens is 306 g/mol. The number of rotatable bonds is 6. The SMILES string of the molecule is COC(=O)c1ccc(CN(C)C(=O)Cc2ccccc2OC)cc1. The summed E-state index contributed by atoms with van der Waals surface area (Å²) in [5.74, 6) is 0.334. The first-order valence-corrected chi connectivity index (χ1v) is 7.58. The summed E-state index contributed by atoms with van der Waals surface area (Å²) in [6.07, 6.45) is 0.279. The van der Waals surface area contributed by atoms with E-state index in [1.807, 2.05) is 36.4 Å². The van der Waals surface area contributed by atoms with Gasteiger partial charge in [0.05, 0.1) is 26.2 Å². The molecule has 0 fully saturated rings. The van der Waals surface area contributed by atoms with Crippen molar-refractivity contribution in [2.75, 3.05) is 21.3 Å². The van der Waals surface area contributed by atoms with Crippen LogP contribution in [0.5, 0.6) is 5.75 Å². The molecule has 24 heavy (non-hydrogen) atoms. The summed E-state index contributed by atoms with van der Waals surface area (Å²) in [5.41, 5.74) is 2.29. The van der Waals surface area contributed by atoms with E-state index in [1.165, 1.54) is 7.11 Å². The highest BCUT2D eigenvalue weighted by Gasteiger charge is 2.13. The number of carbonyl (C=O) groups is 2. The molecule has 2 rings (SSSR count). The number of hydrogen-bond donors (Lipinski definition) is 0. The molecule has 0 atom stereocenters. The number of hydrogen-bond acceptors (Lipinski definition) is 4. The maximum atomic E-state index is 12.4. The fraction of sp³-hybridized carbons (Fsp3) is 0.263. The van der Waals surface area contributed by atoms with Crippen LogP contribution in [0.15, 0.2) is 48.5 Å². The molecule has 0 aliphatic rings. The number of nitrogens with zero attached hydrogens (tertiary/aromatic N) is 1. The minimum absolute atomic E-state index is 0.00320. The second kappa shape index (κ2) is 8.15. The van der Waals surface area contributed by atoms with E-state index >= 15 is 0 Å². The zero-order valence-electron chi connectivity index (χ0n) is 14.1. The Bertz CT molecular complexity index is 710. The second-order valence-corrected chi connectivity index (χ2v) is 5.43. The highest BCUT2D eigenvalue weighted by molar-refractivity contribution is 5.89. The average Bonchev–Trinajstić information content (AvgIpc) is 2.62. The molecule has 0 unspecified atom stereocenters. The summed E-state index contributed by atoms with van der Waals surface area (Å²) < 4.78 is 9.94. The Balaban J connectivity index is 2.00. The van der Waals surface area contributed by atoms with Gasteiger partial charge in [0.1, 0.15) is 5.75 Å². The summed E-state index contributed by atoms with van der Waals surface area (Å²) in [7, 11) is 4.70. The van der Waals surface area contributed by atoms with Gasteiger partial charge in [0.2, 0.25) is 5.91 Å². The van der Waals surface area contributed by atoms with Gasteiger partial charge in [-0.3, -0.25) is 4.79 Å². The lowest BCUT2D eigenvalue weighted by atomic mass is 10.1. The number of likely N-dealkylation sites (N-methyl/N-ethyl adjacent to an activating group) is 1. The first kappa shape index (κ1) is 17.5. The number of esters is 1. The van der Waals surface area contributed by atoms with E-state index in [0.29, 0.717) is 17.9 Å². The van der Waals surface area contributed by atoms with Gasteiger partial charge in [-0.1, -0.05) is 30.3 Å². The molecular formula is C19H21NO4. The lowest BCUT2D eigenvalue weighted by Crippen LogP contribution is -2.27. The first-order chi connectivity index (χ1) is 11.5. The quantitative estimate of drug-likeness (QED) is 0.766. The summed E-state index contributed by atoms with van der Waals surface area (Å²) in [6, 6.07) is 14.5. The van der Waals surface area contributed by atoms with Crippen molar-refractivity contribution >= 4 is 11.9 Å². The Morgan fingerprint density at radius 2 is 1.67 bits per heavy atom. The Kier molecular flexibility index (Phi) is 5.95. The normalized spacial score (nSPS) is 10.1. The minimum atomic E-state index is -0.373. The zero-order valence-corrected chi connectivity index (χ0v) is 14.1. The molecule has 0 saturated heterocycles. The van der Waals surface area contributed by atoms with Crippen LogP contribution in [0.3, 0.4) is 0 Å². The average molecular weight is 327 g/mol. The van der Waals surface area contributed by atoms with Gasteiger partial charge in [0.15, 0.2) is 0 Å². The molecule has 0 aliphatic carbocycles. The van der Waals surface area contributed by atoms with Crippen LogP contribution in [0, 0.1) is 0 Å². The van der Waals surface area contributed by atoms with Crippen LogP contribution in [0.4, 0.5) is 0 Å². The van der Waals surface area contributed by atoms with E-state index in [2.05, 4.69) is 4.74 Å². The van der Waals surface area contributed by atoms with Gasteiger partial charge in [-0.15, -0.1) is 0 Å². The summed E-state index contributed by atoms with van der Waals surface area (Å²) in [5, 5.41) is 0. The second-order valence-electron chi connectivity index (χ2n) is 5.43.